The highest BCUT2D eigenvalue weighted by atomic mass is 35.5. The topological polar surface area (TPSA) is 20.3 Å². The molecule has 0 N–H and O–H groups in total. The number of rotatable bonds is 7. The van der Waals surface area contributed by atoms with Crippen LogP contribution < -0.4 is 0 Å². The van der Waals surface area contributed by atoms with E-state index in [2.05, 4.69) is 6.92 Å². The first-order valence-electron chi connectivity index (χ1n) is 6.26. The molecule has 0 aromatic heterocycles. The number of carbonyl (C=O) groups excluding carboxylic acids is 1. The van der Waals surface area contributed by atoms with Crippen LogP contribution in [0.15, 0.2) is 24.3 Å². The van der Waals surface area contributed by atoms with Gasteiger partial charge in [-0.1, -0.05) is 43.1 Å². The van der Waals surface area contributed by atoms with E-state index in [1.54, 1.807) is 0 Å². The largest absolute Gasteiger partial charge is 0.341 e. The first-order valence-corrected chi connectivity index (χ1v) is 7.17. The first-order chi connectivity index (χ1) is 8.69. The van der Waals surface area contributed by atoms with Crippen molar-refractivity contribution in [2.75, 3.05) is 19.0 Å². The van der Waals surface area contributed by atoms with Gasteiger partial charge >= 0.3 is 0 Å². The Labute approximate surface area is 119 Å². The zero-order valence-electron chi connectivity index (χ0n) is 10.7. The fraction of sp³-hybridized carbons (Fsp3) is 0.500. The molecule has 0 aliphatic heterocycles. The molecule has 100 valence electrons. The molecule has 1 rings (SSSR count). The summed E-state index contributed by atoms with van der Waals surface area (Å²) in [6.45, 7) is 3.48. The highest BCUT2D eigenvalue weighted by Gasteiger charge is 2.14. The van der Waals surface area contributed by atoms with Crippen molar-refractivity contribution in [1.29, 1.82) is 0 Å². The number of unbranched alkanes of at least 4 members (excludes halogenated alkanes) is 1. The molecule has 2 nitrogen and oxygen atoms in total. The maximum atomic E-state index is 12.2. The van der Waals surface area contributed by atoms with E-state index in [-0.39, 0.29) is 5.91 Å². The zero-order valence-corrected chi connectivity index (χ0v) is 12.2. The predicted molar refractivity (Wildman–Crippen MR) is 77.4 cm³/mol. The Morgan fingerprint density at radius 1 is 1.28 bits per heavy atom. The van der Waals surface area contributed by atoms with Gasteiger partial charge in [0.05, 0.1) is 6.42 Å². The highest BCUT2D eigenvalue weighted by Crippen LogP contribution is 2.16. The van der Waals surface area contributed by atoms with Crippen LogP contribution in [0.2, 0.25) is 5.02 Å². The van der Waals surface area contributed by atoms with Crippen molar-refractivity contribution in [3.8, 4) is 0 Å². The molecule has 0 aliphatic rings. The Morgan fingerprint density at radius 3 is 2.61 bits per heavy atom. The molecule has 0 fully saturated rings. The third-order valence-corrected chi connectivity index (χ3v) is 3.33. The average molecular weight is 288 g/mol. The van der Waals surface area contributed by atoms with Crippen molar-refractivity contribution in [3.05, 3.63) is 34.9 Å². The lowest BCUT2D eigenvalue weighted by Gasteiger charge is -2.21. The minimum absolute atomic E-state index is 0.0946. The average Bonchev–Trinajstić information content (AvgIpc) is 2.37. The number of nitrogens with zero attached hydrogens (tertiary/aromatic N) is 1. The smallest absolute Gasteiger partial charge is 0.227 e. The molecule has 0 atom stereocenters. The Morgan fingerprint density at radius 2 is 2.00 bits per heavy atom. The maximum Gasteiger partial charge on any atom is 0.227 e. The molecule has 1 aromatic rings. The minimum Gasteiger partial charge on any atom is -0.341 e. The van der Waals surface area contributed by atoms with Crippen LogP contribution in [0, 0.1) is 0 Å². The van der Waals surface area contributed by atoms with Crippen LogP contribution in [0.25, 0.3) is 0 Å². The molecule has 1 amide bonds. The van der Waals surface area contributed by atoms with Crippen LogP contribution in [-0.4, -0.2) is 29.8 Å². The molecule has 4 heteroatoms. The van der Waals surface area contributed by atoms with Crippen molar-refractivity contribution in [1.82, 2.24) is 4.90 Å². The Hall–Kier alpha value is -0.730. The Kier molecular flexibility index (Phi) is 7.14. The summed E-state index contributed by atoms with van der Waals surface area (Å²) in [6.07, 6.45) is 2.42. The van der Waals surface area contributed by atoms with Gasteiger partial charge in [0.1, 0.15) is 0 Å². The molecule has 0 radical (unpaired) electrons. The second-order valence-electron chi connectivity index (χ2n) is 4.19. The lowest BCUT2D eigenvalue weighted by atomic mass is 10.1. The van der Waals surface area contributed by atoms with E-state index in [1.807, 2.05) is 29.2 Å². The molecule has 0 aliphatic carbocycles. The van der Waals surface area contributed by atoms with Gasteiger partial charge in [-0.25, -0.2) is 0 Å². The third kappa shape index (κ3) is 4.87. The van der Waals surface area contributed by atoms with Gasteiger partial charge in [0.2, 0.25) is 5.91 Å². The number of hydrogen-bond donors (Lipinski definition) is 0. The fourth-order valence-electron chi connectivity index (χ4n) is 1.73. The second kappa shape index (κ2) is 8.39. The number of carbonyl (C=O) groups is 1. The lowest BCUT2D eigenvalue weighted by Crippen LogP contribution is -2.34. The molecule has 18 heavy (non-hydrogen) atoms. The SMILES string of the molecule is CCCCN(CCCl)C(=O)Cc1ccccc1Cl. The third-order valence-electron chi connectivity index (χ3n) is 2.79. The monoisotopic (exact) mass is 287 g/mol. The summed E-state index contributed by atoms with van der Waals surface area (Å²) in [7, 11) is 0. The molecule has 0 saturated heterocycles. The van der Waals surface area contributed by atoms with Gasteiger partial charge in [0, 0.05) is 24.0 Å². The summed E-state index contributed by atoms with van der Waals surface area (Å²) >= 11 is 11.8. The molecule has 0 saturated carbocycles. The maximum absolute atomic E-state index is 12.2. The lowest BCUT2D eigenvalue weighted by molar-refractivity contribution is -0.130. The van der Waals surface area contributed by atoms with E-state index in [1.165, 1.54) is 0 Å². The molecule has 0 heterocycles. The van der Waals surface area contributed by atoms with Crippen LogP contribution in [0.5, 0.6) is 0 Å². The highest BCUT2D eigenvalue weighted by molar-refractivity contribution is 6.31. The summed E-state index contributed by atoms with van der Waals surface area (Å²) in [5.41, 5.74) is 0.875. The Balaban J connectivity index is 2.63. The van der Waals surface area contributed by atoms with Crippen molar-refractivity contribution in [2.45, 2.75) is 26.2 Å². The van der Waals surface area contributed by atoms with E-state index in [0.717, 1.165) is 24.9 Å². The first kappa shape index (κ1) is 15.3. The number of halogens is 2. The number of alkyl halides is 1. The predicted octanol–water partition coefficient (Wildman–Crippen LogP) is 3.75. The fourth-order valence-corrected chi connectivity index (χ4v) is 2.14. The van der Waals surface area contributed by atoms with E-state index < -0.39 is 0 Å². The quantitative estimate of drug-likeness (QED) is 0.700. The Bertz CT molecular complexity index is 382. The van der Waals surface area contributed by atoms with E-state index in [0.29, 0.717) is 23.9 Å². The van der Waals surface area contributed by atoms with Crippen LogP contribution in [0.3, 0.4) is 0 Å². The van der Waals surface area contributed by atoms with Gasteiger partial charge in [-0.05, 0) is 18.1 Å². The molecule has 0 spiro atoms. The summed E-state index contributed by atoms with van der Waals surface area (Å²) in [6, 6.07) is 7.46. The van der Waals surface area contributed by atoms with Crippen LogP contribution in [0.4, 0.5) is 0 Å². The summed E-state index contributed by atoms with van der Waals surface area (Å²) < 4.78 is 0. The van der Waals surface area contributed by atoms with Crippen molar-refractivity contribution < 1.29 is 4.79 Å². The van der Waals surface area contributed by atoms with Gasteiger partial charge in [0.25, 0.3) is 0 Å². The zero-order chi connectivity index (χ0) is 13.4. The normalized spacial score (nSPS) is 10.4. The van der Waals surface area contributed by atoms with Crippen molar-refractivity contribution >= 4 is 29.1 Å². The van der Waals surface area contributed by atoms with E-state index >= 15 is 0 Å². The van der Waals surface area contributed by atoms with Gasteiger partial charge in [0.15, 0.2) is 0 Å². The summed E-state index contributed by atoms with van der Waals surface area (Å²) in [5.74, 6) is 0.565. The van der Waals surface area contributed by atoms with Gasteiger partial charge < -0.3 is 4.90 Å². The van der Waals surface area contributed by atoms with E-state index in [4.69, 9.17) is 23.2 Å². The van der Waals surface area contributed by atoms with Crippen LogP contribution in [-0.2, 0) is 11.2 Å². The van der Waals surface area contributed by atoms with E-state index in [9.17, 15) is 4.79 Å². The van der Waals surface area contributed by atoms with Gasteiger partial charge in [-0.3, -0.25) is 4.79 Å². The minimum atomic E-state index is 0.0946. The van der Waals surface area contributed by atoms with Gasteiger partial charge in [-0.2, -0.15) is 0 Å². The molecule has 1 aromatic carbocycles. The van der Waals surface area contributed by atoms with Gasteiger partial charge in [-0.15, -0.1) is 11.6 Å². The van der Waals surface area contributed by atoms with Crippen LogP contribution >= 0.6 is 23.2 Å². The second-order valence-corrected chi connectivity index (χ2v) is 4.98. The number of benzene rings is 1. The van der Waals surface area contributed by atoms with Crippen LogP contribution in [0.1, 0.15) is 25.3 Å². The number of amides is 1. The molecule has 0 unspecified atom stereocenters. The molecular formula is C14H19Cl2NO. The number of hydrogen-bond acceptors (Lipinski definition) is 1. The summed E-state index contributed by atoms with van der Waals surface area (Å²) in [4.78, 5) is 14.0. The molecule has 0 bridgehead atoms. The summed E-state index contributed by atoms with van der Waals surface area (Å²) in [5, 5.41) is 0.646. The van der Waals surface area contributed by atoms with Crippen molar-refractivity contribution in [3.63, 3.8) is 0 Å². The molecular weight excluding hydrogens is 269 g/mol. The standard InChI is InChI=1S/C14H19Cl2NO/c1-2-3-9-17(10-8-15)14(18)11-12-6-4-5-7-13(12)16/h4-7H,2-3,8-11H2,1H3. The van der Waals surface area contributed by atoms with Crippen molar-refractivity contribution in [2.24, 2.45) is 0 Å².